The molecule has 2 N–H and O–H groups in total. The highest BCUT2D eigenvalue weighted by Crippen LogP contribution is 2.48. The zero-order chi connectivity index (χ0) is 22.4. The van der Waals surface area contributed by atoms with Crippen molar-refractivity contribution in [3.63, 3.8) is 0 Å². The number of carbonyl (C=O) groups excluding carboxylic acids is 1. The number of hydrogen-bond donors (Lipinski definition) is 2. The van der Waals surface area contributed by atoms with Crippen LogP contribution in [0.1, 0.15) is 19.3 Å². The quantitative estimate of drug-likeness (QED) is 0.653. The van der Waals surface area contributed by atoms with Crippen molar-refractivity contribution >= 4 is 11.8 Å². The van der Waals surface area contributed by atoms with Gasteiger partial charge in [-0.25, -0.2) is 13.6 Å². The zero-order valence-electron chi connectivity index (χ0n) is 17.2. The van der Waals surface area contributed by atoms with Crippen LogP contribution in [0.5, 0.6) is 0 Å². The Morgan fingerprint density at radius 1 is 1.16 bits per heavy atom. The highest BCUT2D eigenvalue weighted by molar-refractivity contribution is 5.90. The van der Waals surface area contributed by atoms with Crippen molar-refractivity contribution in [2.45, 2.75) is 37.5 Å². The van der Waals surface area contributed by atoms with Crippen LogP contribution in [0.2, 0.25) is 0 Å². The highest BCUT2D eigenvalue weighted by Gasteiger charge is 2.47. The molecule has 1 aliphatic heterocycles. The van der Waals surface area contributed by atoms with Crippen LogP contribution in [-0.4, -0.2) is 34.6 Å². The minimum atomic E-state index is -0.744. The van der Waals surface area contributed by atoms with E-state index in [1.54, 1.807) is 18.2 Å². The third-order valence-electron chi connectivity index (χ3n) is 6.53. The molecular weight excluding hydrogens is 416 g/mol. The van der Waals surface area contributed by atoms with Gasteiger partial charge in [-0.1, -0.05) is 12.2 Å². The third kappa shape index (κ3) is 3.77. The molecule has 1 aromatic rings. The molecule has 1 heterocycles. The second-order valence-corrected chi connectivity index (χ2v) is 8.52. The SMILES string of the molecule is O=C1O[C@H](CC[C@H](O)C2=C3C=C(F)C=CC32)[C@@H](C2C=CC(O)=CC2)N1c1ccc(F)cc1. The first-order valence-corrected chi connectivity index (χ1v) is 10.7. The molecule has 0 bridgehead atoms. The minimum Gasteiger partial charge on any atom is -0.508 e. The summed E-state index contributed by atoms with van der Waals surface area (Å²) >= 11 is 0. The number of fused-ring (bicyclic) bond motifs is 1. The van der Waals surface area contributed by atoms with Crippen LogP contribution in [0, 0.1) is 17.7 Å². The van der Waals surface area contributed by atoms with Crippen molar-refractivity contribution in [1.29, 1.82) is 0 Å². The lowest BCUT2D eigenvalue weighted by molar-refractivity contribution is 0.104. The summed E-state index contributed by atoms with van der Waals surface area (Å²) in [5.41, 5.74) is 2.16. The Bertz CT molecular complexity index is 1090. The topological polar surface area (TPSA) is 70.0 Å². The number of carbonyl (C=O) groups is 1. The number of aliphatic hydroxyl groups excluding tert-OH is 2. The van der Waals surface area contributed by atoms with E-state index in [4.69, 9.17) is 4.74 Å². The average Bonchev–Trinajstić information content (AvgIpc) is 3.39. The van der Waals surface area contributed by atoms with Crippen LogP contribution in [-0.2, 0) is 4.74 Å². The van der Waals surface area contributed by atoms with E-state index in [0.717, 1.165) is 11.1 Å². The van der Waals surface area contributed by atoms with Gasteiger partial charge in [0.2, 0.25) is 0 Å². The molecule has 5 nitrogen and oxygen atoms in total. The lowest BCUT2D eigenvalue weighted by atomic mass is 9.86. The molecule has 5 atom stereocenters. The number of aliphatic hydroxyl groups is 2. The van der Waals surface area contributed by atoms with Crippen LogP contribution in [0.3, 0.4) is 0 Å². The van der Waals surface area contributed by atoms with Gasteiger partial charge in [0, 0.05) is 17.5 Å². The molecule has 0 radical (unpaired) electrons. The lowest BCUT2D eigenvalue weighted by Crippen LogP contribution is -2.42. The summed E-state index contributed by atoms with van der Waals surface area (Å²) in [6.07, 6.45) is 9.25. The summed E-state index contributed by atoms with van der Waals surface area (Å²) in [7, 11) is 0. The number of anilines is 1. The van der Waals surface area contributed by atoms with E-state index in [1.807, 2.05) is 6.08 Å². The number of halogens is 2. The van der Waals surface area contributed by atoms with Crippen LogP contribution < -0.4 is 4.90 Å². The molecule has 4 aliphatic rings. The summed E-state index contributed by atoms with van der Waals surface area (Å²) in [6, 6.07) is 5.28. The summed E-state index contributed by atoms with van der Waals surface area (Å²) in [4.78, 5) is 14.3. The summed E-state index contributed by atoms with van der Waals surface area (Å²) in [5.74, 6) is -0.669. The summed E-state index contributed by atoms with van der Waals surface area (Å²) < 4.78 is 32.6. The summed E-state index contributed by atoms with van der Waals surface area (Å²) in [6.45, 7) is 0. The standard InChI is InChI=1S/C25H23F2NO4/c26-15-3-6-17(7-4-15)28-24(14-1-8-18(29)9-2-14)22(32-25(28)31)12-11-21(30)23-19-10-5-16(27)13-20(19)23/h1,3-10,13-14,19,21-22,24,29-30H,2,11-12H2/t14?,19?,21-,22+,24+/m0/s1. The average molecular weight is 439 g/mol. The number of amides is 1. The van der Waals surface area contributed by atoms with Crippen molar-refractivity contribution in [1.82, 2.24) is 0 Å². The molecule has 2 unspecified atom stereocenters. The molecule has 1 fully saturated rings. The number of benzene rings is 1. The fourth-order valence-corrected chi connectivity index (χ4v) is 4.92. The second kappa shape index (κ2) is 8.06. The van der Waals surface area contributed by atoms with Crippen LogP contribution in [0.4, 0.5) is 19.3 Å². The van der Waals surface area contributed by atoms with Gasteiger partial charge < -0.3 is 14.9 Å². The Kier molecular flexibility index (Phi) is 5.21. The van der Waals surface area contributed by atoms with Crippen LogP contribution in [0.25, 0.3) is 0 Å². The molecule has 1 saturated heterocycles. The number of cyclic esters (lactones) is 1. The van der Waals surface area contributed by atoms with E-state index in [9.17, 15) is 23.8 Å². The Labute approximate surface area is 184 Å². The molecule has 1 amide bonds. The molecule has 5 rings (SSSR count). The summed E-state index contributed by atoms with van der Waals surface area (Å²) in [5, 5.41) is 20.4. The van der Waals surface area contributed by atoms with Gasteiger partial charge in [-0.3, -0.25) is 4.90 Å². The van der Waals surface area contributed by atoms with Crippen molar-refractivity contribution in [3.05, 3.63) is 89.3 Å². The zero-order valence-corrected chi connectivity index (χ0v) is 17.2. The highest BCUT2D eigenvalue weighted by atomic mass is 19.1. The first kappa shape index (κ1) is 20.7. The maximum atomic E-state index is 13.4. The second-order valence-electron chi connectivity index (χ2n) is 8.52. The molecule has 1 aromatic carbocycles. The van der Waals surface area contributed by atoms with Gasteiger partial charge in [0.15, 0.2) is 0 Å². The normalized spacial score (nSPS) is 29.5. The predicted octanol–water partition coefficient (Wildman–Crippen LogP) is 5.03. The molecule has 166 valence electrons. The third-order valence-corrected chi connectivity index (χ3v) is 6.53. The predicted molar refractivity (Wildman–Crippen MR) is 115 cm³/mol. The maximum absolute atomic E-state index is 13.4. The van der Waals surface area contributed by atoms with Crippen LogP contribution >= 0.6 is 0 Å². The fraction of sp³-hybridized carbons (Fsp3) is 0.320. The van der Waals surface area contributed by atoms with Gasteiger partial charge >= 0.3 is 6.09 Å². The van der Waals surface area contributed by atoms with Gasteiger partial charge in [0.25, 0.3) is 0 Å². The fourth-order valence-electron chi connectivity index (χ4n) is 4.92. The van der Waals surface area contributed by atoms with Gasteiger partial charge in [-0.05, 0) is 79.0 Å². The van der Waals surface area contributed by atoms with Gasteiger partial charge in [0.05, 0.1) is 12.1 Å². The molecular formula is C25H23F2NO4. The molecule has 0 aromatic heterocycles. The smallest absolute Gasteiger partial charge is 0.415 e. The van der Waals surface area contributed by atoms with E-state index in [2.05, 4.69) is 0 Å². The van der Waals surface area contributed by atoms with Gasteiger partial charge in [0.1, 0.15) is 23.5 Å². The van der Waals surface area contributed by atoms with E-state index in [1.165, 1.54) is 41.3 Å². The molecule has 0 saturated carbocycles. The van der Waals surface area contributed by atoms with E-state index >= 15 is 0 Å². The van der Waals surface area contributed by atoms with Crippen molar-refractivity contribution in [2.24, 2.45) is 11.8 Å². The van der Waals surface area contributed by atoms with E-state index in [0.29, 0.717) is 24.9 Å². The number of ether oxygens (including phenoxy) is 1. The van der Waals surface area contributed by atoms with Crippen molar-refractivity contribution in [2.75, 3.05) is 4.90 Å². The Balaban J connectivity index is 1.35. The number of nitrogens with zero attached hydrogens (tertiary/aromatic N) is 1. The maximum Gasteiger partial charge on any atom is 0.415 e. The van der Waals surface area contributed by atoms with Crippen molar-refractivity contribution in [3.8, 4) is 0 Å². The molecule has 32 heavy (non-hydrogen) atoms. The lowest BCUT2D eigenvalue weighted by Gasteiger charge is -2.31. The molecule has 7 heteroatoms. The van der Waals surface area contributed by atoms with Gasteiger partial charge in [-0.2, -0.15) is 0 Å². The van der Waals surface area contributed by atoms with Crippen LogP contribution in [0.15, 0.2) is 83.5 Å². The Morgan fingerprint density at radius 2 is 1.94 bits per heavy atom. The molecule has 0 spiro atoms. The van der Waals surface area contributed by atoms with Crippen molar-refractivity contribution < 1.29 is 28.5 Å². The monoisotopic (exact) mass is 439 g/mol. The Hall–Kier alpha value is -3.19. The number of hydrogen-bond acceptors (Lipinski definition) is 4. The number of allylic oxidation sites excluding steroid dienone is 7. The Morgan fingerprint density at radius 3 is 2.62 bits per heavy atom. The minimum absolute atomic E-state index is 0.00321. The first-order chi connectivity index (χ1) is 15.4. The van der Waals surface area contributed by atoms with Gasteiger partial charge in [-0.15, -0.1) is 0 Å². The number of rotatable bonds is 6. The largest absolute Gasteiger partial charge is 0.508 e. The first-order valence-electron chi connectivity index (χ1n) is 10.7. The van der Waals surface area contributed by atoms with E-state index in [-0.39, 0.29) is 29.5 Å². The van der Waals surface area contributed by atoms with E-state index < -0.39 is 24.1 Å². The molecule has 3 aliphatic carbocycles.